The number of benzene rings is 1. The summed E-state index contributed by atoms with van der Waals surface area (Å²) in [4.78, 5) is 7.89. The minimum absolute atomic E-state index is 0.125. The molecular formula is C12H12ClN3. The van der Waals surface area contributed by atoms with E-state index in [9.17, 15) is 0 Å². The molecule has 1 unspecified atom stereocenters. The molecule has 0 amide bonds. The molecule has 0 aliphatic rings. The summed E-state index contributed by atoms with van der Waals surface area (Å²) in [6.45, 7) is 2.05. The van der Waals surface area contributed by atoms with Crippen LogP contribution >= 0.6 is 11.6 Å². The highest BCUT2D eigenvalue weighted by atomic mass is 35.5. The number of rotatable bonds is 3. The van der Waals surface area contributed by atoms with Gasteiger partial charge in [-0.25, -0.2) is 9.97 Å². The molecule has 0 aliphatic carbocycles. The van der Waals surface area contributed by atoms with E-state index >= 15 is 0 Å². The maximum absolute atomic E-state index is 6.11. The number of nitrogens with one attached hydrogen (secondary N) is 1. The fourth-order valence-corrected chi connectivity index (χ4v) is 1.83. The summed E-state index contributed by atoms with van der Waals surface area (Å²) in [5.41, 5.74) is 1.95. The van der Waals surface area contributed by atoms with Crippen LogP contribution in [0, 0.1) is 0 Å². The van der Waals surface area contributed by atoms with Crippen LogP contribution in [-0.4, -0.2) is 9.97 Å². The van der Waals surface area contributed by atoms with E-state index in [1.54, 1.807) is 12.4 Å². The Labute approximate surface area is 99.5 Å². The molecule has 0 saturated heterocycles. The topological polar surface area (TPSA) is 37.8 Å². The van der Waals surface area contributed by atoms with Gasteiger partial charge in [-0.15, -0.1) is 0 Å². The molecule has 0 bridgehead atoms. The van der Waals surface area contributed by atoms with Gasteiger partial charge in [-0.3, -0.25) is 0 Å². The van der Waals surface area contributed by atoms with Crippen molar-refractivity contribution in [1.82, 2.24) is 9.97 Å². The normalized spacial score (nSPS) is 12.1. The second-order valence-corrected chi connectivity index (χ2v) is 3.92. The summed E-state index contributed by atoms with van der Waals surface area (Å²) in [6.07, 6.45) is 4.98. The standard InChI is InChI=1S/C12H12ClN3/c1-9(11-4-2-3-5-12(11)13)16-10-6-14-8-15-7-10/h2-9,16H,1H3. The molecule has 1 heterocycles. The first kappa shape index (κ1) is 10.9. The van der Waals surface area contributed by atoms with Crippen molar-refractivity contribution in [2.75, 3.05) is 5.32 Å². The van der Waals surface area contributed by atoms with E-state index < -0.39 is 0 Å². The Balaban J connectivity index is 2.15. The maximum atomic E-state index is 6.11. The van der Waals surface area contributed by atoms with Crippen molar-refractivity contribution in [2.45, 2.75) is 13.0 Å². The van der Waals surface area contributed by atoms with Gasteiger partial charge in [0.05, 0.1) is 24.1 Å². The Morgan fingerprint density at radius 2 is 1.88 bits per heavy atom. The van der Waals surface area contributed by atoms with Gasteiger partial charge >= 0.3 is 0 Å². The monoisotopic (exact) mass is 233 g/mol. The summed E-state index contributed by atoms with van der Waals surface area (Å²) >= 11 is 6.11. The zero-order valence-electron chi connectivity index (χ0n) is 8.89. The van der Waals surface area contributed by atoms with Gasteiger partial charge in [-0.2, -0.15) is 0 Å². The predicted molar refractivity (Wildman–Crippen MR) is 65.5 cm³/mol. The summed E-state index contributed by atoms with van der Waals surface area (Å²) in [5, 5.41) is 4.05. The summed E-state index contributed by atoms with van der Waals surface area (Å²) < 4.78 is 0. The maximum Gasteiger partial charge on any atom is 0.115 e. The van der Waals surface area contributed by atoms with Crippen molar-refractivity contribution in [1.29, 1.82) is 0 Å². The first-order valence-electron chi connectivity index (χ1n) is 5.03. The van der Waals surface area contributed by atoms with Crippen LogP contribution in [0.3, 0.4) is 0 Å². The molecule has 2 aromatic rings. The number of anilines is 1. The fraction of sp³-hybridized carbons (Fsp3) is 0.167. The van der Waals surface area contributed by atoms with Crippen LogP contribution in [0.1, 0.15) is 18.5 Å². The number of halogens is 1. The molecule has 16 heavy (non-hydrogen) atoms. The van der Waals surface area contributed by atoms with Crippen LogP contribution < -0.4 is 5.32 Å². The van der Waals surface area contributed by atoms with Crippen molar-refractivity contribution in [3.63, 3.8) is 0 Å². The lowest BCUT2D eigenvalue weighted by atomic mass is 10.1. The number of nitrogens with zero attached hydrogens (tertiary/aromatic N) is 2. The molecule has 0 fully saturated rings. The third kappa shape index (κ3) is 2.49. The van der Waals surface area contributed by atoms with Crippen molar-refractivity contribution < 1.29 is 0 Å². The summed E-state index contributed by atoms with van der Waals surface area (Å²) in [5.74, 6) is 0. The highest BCUT2D eigenvalue weighted by Gasteiger charge is 2.08. The van der Waals surface area contributed by atoms with E-state index in [2.05, 4.69) is 15.3 Å². The molecule has 1 atom stereocenters. The van der Waals surface area contributed by atoms with Crippen molar-refractivity contribution in [2.24, 2.45) is 0 Å². The molecular weight excluding hydrogens is 222 g/mol. The van der Waals surface area contributed by atoms with Gasteiger partial charge in [0.1, 0.15) is 6.33 Å². The SMILES string of the molecule is CC(Nc1cncnc1)c1ccccc1Cl. The molecule has 0 radical (unpaired) electrons. The van der Waals surface area contributed by atoms with Gasteiger partial charge < -0.3 is 5.32 Å². The molecule has 3 nitrogen and oxygen atoms in total. The van der Waals surface area contributed by atoms with Gasteiger partial charge in [0.25, 0.3) is 0 Å². The van der Waals surface area contributed by atoms with E-state index in [0.29, 0.717) is 0 Å². The average molecular weight is 234 g/mol. The van der Waals surface area contributed by atoms with Crippen LogP contribution in [0.4, 0.5) is 5.69 Å². The highest BCUT2D eigenvalue weighted by Crippen LogP contribution is 2.24. The van der Waals surface area contributed by atoms with Crippen LogP contribution in [-0.2, 0) is 0 Å². The predicted octanol–water partition coefficient (Wildman–Crippen LogP) is 3.30. The lowest BCUT2D eigenvalue weighted by Gasteiger charge is -2.16. The minimum Gasteiger partial charge on any atom is -0.376 e. The zero-order valence-corrected chi connectivity index (χ0v) is 9.65. The van der Waals surface area contributed by atoms with Crippen molar-refractivity contribution >= 4 is 17.3 Å². The largest absolute Gasteiger partial charge is 0.376 e. The Hall–Kier alpha value is -1.61. The zero-order chi connectivity index (χ0) is 11.4. The van der Waals surface area contributed by atoms with Gasteiger partial charge in [0.2, 0.25) is 0 Å². The summed E-state index contributed by atoms with van der Waals surface area (Å²) in [6, 6.07) is 7.91. The van der Waals surface area contributed by atoms with Crippen molar-refractivity contribution in [3.05, 3.63) is 53.6 Å². The van der Waals surface area contributed by atoms with E-state index in [-0.39, 0.29) is 6.04 Å². The Morgan fingerprint density at radius 1 is 1.19 bits per heavy atom. The average Bonchev–Trinajstić information content (AvgIpc) is 2.31. The highest BCUT2D eigenvalue weighted by molar-refractivity contribution is 6.31. The summed E-state index contributed by atoms with van der Waals surface area (Å²) in [7, 11) is 0. The first-order chi connectivity index (χ1) is 7.77. The molecule has 4 heteroatoms. The molecule has 0 spiro atoms. The number of hydrogen-bond acceptors (Lipinski definition) is 3. The minimum atomic E-state index is 0.125. The van der Waals surface area contributed by atoms with Crippen LogP contribution in [0.5, 0.6) is 0 Å². The third-order valence-corrected chi connectivity index (χ3v) is 2.66. The molecule has 82 valence electrons. The second-order valence-electron chi connectivity index (χ2n) is 3.51. The molecule has 1 N–H and O–H groups in total. The van der Waals surface area contributed by atoms with Crippen LogP contribution in [0.15, 0.2) is 43.0 Å². The van der Waals surface area contributed by atoms with Gasteiger partial charge in [-0.1, -0.05) is 29.8 Å². The Kier molecular flexibility index (Phi) is 3.37. The lowest BCUT2D eigenvalue weighted by Crippen LogP contribution is -2.07. The smallest absolute Gasteiger partial charge is 0.115 e. The molecule has 2 rings (SSSR count). The van der Waals surface area contributed by atoms with Gasteiger partial charge in [-0.05, 0) is 18.6 Å². The fourth-order valence-electron chi connectivity index (χ4n) is 1.53. The van der Waals surface area contributed by atoms with E-state index in [1.165, 1.54) is 6.33 Å². The second kappa shape index (κ2) is 4.94. The van der Waals surface area contributed by atoms with E-state index in [0.717, 1.165) is 16.3 Å². The molecule has 1 aromatic heterocycles. The molecule has 0 saturated carbocycles. The Bertz CT molecular complexity index is 459. The molecule has 0 aliphatic heterocycles. The third-order valence-electron chi connectivity index (χ3n) is 2.32. The quantitative estimate of drug-likeness (QED) is 0.884. The van der Waals surface area contributed by atoms with E-state index in [1.807, 2.05) is 31.2 Å². The molecule has 1 aromatic carbocycles. The van der Waals surface area contributed by atoms with E-state index in [4.69, 9.17) is 11.6 Å². The number of aromatic nitrogens is 2. The first-order valence-corrected chi connectivity index (χ1v) is 5.41. The number of hydrogen-bond donors (Lipinski definition) is 1. The van der Waals surface area contributed by atoms with Gasteiger partial charge in [0.15, 0.2) is 0 Å². The van der Waals surface area contributed by atoms with Crippen molar-refractivity contribution in [3.8, 4) is 0 Å². The van der Waals surface area contributed by atoms with Crippen LogP contribution in [0.25, 0.3) is 0 Å². The Morgan fingerprint density at radius 3 is 2.56 bits per heavy atom. The van der Waals surface area contributed by atoms with Gasteiger partial charge in [0, 0.05) is 5.02 Å². The lowest BCUT2D eigenvalue weighted by molar-refractivity contribution is 0.880. The van der Waals surface area contributed by atoms with Crippen LogP contribution in [0.2, 0.25) is 5.02 Å².